The SMILES string of the molecule is CCCNC(=O)[C@H](Cc1ccccc1)N(Cc1cccc(Br)c1)C(=O)CN(c1ccc(C(C)(C)C)cc1)S(C)(=O)=O. The molecule has 0 fully saturated rings. The Kier molecular flexibility index (Phi) is 11.2. The molecule has 0 aliphatic rings. The van der Waals surface area contributed by atoms with Crippen molar-refractivity contribution >= 4 is 43.5 Å². The number of halogens is 1. The lowest BCUT2D eigenvalue weighted by molar-refractivity contribution is -0.140. The molecular weight excluding hydrogens is 602 g/mol. The number of anilines is 1. The van der Waals surface area contributed by atoms with Crippen molar-refractivity contribution in [2.24, 2.45) is 0 Å². The second-order valence-electron chi connectivity index (χ2n) is 11.2. The molecule has 220 valence electrons. The van der Waals surface area contributed by atoms with Crippen LogP contribution >= 0.6 is 15.9 Å². The summed E-state index contributed by atoms with van der Waals surface area (Å²) in [5.41, 5.74) is 3.05. The molecule has 1 N–H and O–H groups in total. The normalized spacial score (nSPS) is 12.4. The molecule has 0 radical (unpaired) electrons. The summed E-state index contributed by atoms with van der Waals surface area (Å²) in [4.78, 5) is 29.2. The third-order valence-electron chi connectivity index (χ3n) is 6.76. The highest BCUT2D eigenvalue weighted by Crippen LogP contribution is 2.26. The van der Waals surface area contributed by atoms with E-state index in [1.54, 1.807) is 12.1 Å². The molecule has 9 heteroatoms. The fourth-order valence-corrected chi connectivity index (χ4v) is 5.79. The number of hydrogen-bond acceptors (Lipinski definition) is 4. The lowest BCUT2D eigenvalue weighted by atomic mass is 9.87. The predicted octanol–water partition coefficient (Wildman–Crippen LogP) is 5.68. The van der Waals surface area contributed by atoms with E-state index in [9.17, 15) is 18.0 Å². The summed E-state index contributed by atoms with van der Waals surface area (Å²) in [6.07, 6.45) is 2.12. The zero-order valence-corrected chi connectivity index (χ0v) is 26.8. The van der Waals surface area contributed by atoms with Crippen LogP contribution in [0.3, 0.4) is 0 Å². The molecule has 1 atom stereocenters. The smallest absolute Gasteiger partial charge is 0.244 e. The standard InChI is InChI=1S/C32H40BrN3O4S/c1-6-19-34-31(38)29(21-24-11-8-7-9-12-24)35(22-25-13-10-14-27(33)20-25)30(37)23-36(41(5,39)40)28-17-15-26(16-18-28)32(2,3)4/h7-18,20,29H,6,19,21-23H2,1-5H3,(H,34,38)/t29-/m0/s1. The van der Waals surface area contributed by atoms with Crippen molar-refractivity contribution < 1.29 is 18.0 Å². The number of benzene rings is 3. The third kappa shape index (κ3) is 9.43. The molecule has 3 rings (SSSR count). The maximum Gasteiger partial charge on any atom is 0.244 e. The molecule has 2 amide bonds. The number of nitrogens with one attached hydrogen (secondary N) is 1. The van der Waals surface area contributed by atoms with Crippen molar-refractivity contribution in [3.05, 3.63) is 100 Å². The largest absolute Gasteiger partial charge is 0.354 e. The van der Waals surface area contributed by atoms with E-state index >= 15 is 0 Å². The molecule has 0 saturated carbocycles. The first-order valence-corrected chi connectivity index (χ1v) is 16.4. The van der Waals surface area contributed by atoms with Crippen LogP contribution in [-0.4, -0.2) is 50.5 Å². The van der Waals surface area contributed by atoms with Crippen LogP contribution in [0.2, 0.25) is 0 Å². The number of rotatable bonds is 12. The van der Waals surface area contributed by atoms with Gasteiger partial charge in [0.25, 0.3) is 0 Å². The van der Waals surface area contributed by atoms with Crippen molar-refractivity contribution in [2.45, 2.75) is 58.5 Å². The van der Waals surface area contributed by atoms with Gasteiger partial charge in [-0.3, -0.25) is 13.9 Å². The lowest BCUT2D eigenvalue weighted by Crippen LogP contribution is -2.53. The Labute approximate surface area is 253 Å². The minimum Gasteiger partial charge on any atom is -0.354 e. The Bertz CT molecular complexity index is 1420. The molecule has 7 nitrogen and oxygen atoms in total. The summed E-state index contributed by atoms with van der Waals surface area (Å²) in [6, 6.07) is 23.4. The van der Waals surface area contributed by atoms with Gasteiger partial charge in [0.1, 0.15) is 12.6 Å². The second-order valence-corrected chi connectivity index (χ2v) is 14.0. The summed E-state index contributed by atoms with van der Waals surface area (Å²) in [7, 11) is -3.82. The van der Waals surface area contributed by atoms with E-state index in [1.165, 1.54) is 4.90 Å². The van der Waals surface area contributed by atoms with Crippen molar-refractivity contribution in [1.82, 2.24) is 10.2 Å². The Morgan fingerprint density at radius 3 is 2.12 bits per heavy atom. The third-order valence-corrected chi connectivity index (χ3v) is 8.40. The van der Waals surface area contributed by atoms with Crippen LogP contribution < -0.4 is 9.62 Å². The van der Waals surface area contributed by atoms with E-state index in [0.717, 1.165) is 38.1 Å². The van der Waals surface area contributed by atoms with Gasteiger partial charge in [-0.05, 0) is 52.8 Å². The van der Waals surface area contributed by atoms with Gasteiger partial charge < -0.3 is 10.2 Å². The maximum absolute atomic E-state index is 14.1. The average molecular weight is 643 g/mol. The minimum absolute atomic E-state index is 0.110. The zero-order valence-electron chi connectivity index (χ0n) is 24.4. The van der Waals surface area contributed by atoms with Crippen LogP contribution in [0.25, 0.3) is 0 Å². The summed E-state index contributed by atoms with van der Waals surface area (Å²) in [5.74, 6) is -0.748. The highest BCUT2D eigenvalue weighted by Gasteiger charge is 2.33. The van der Waals surface area contributed by atoms with Gasteiger partial charge >= 0.3 is 0 Å². The van der Waals surface area contributed by atoms with E-state index < -0.39 is 28.5 Å². The molecule has 0 aliphatic heterocycles. The van der Waals surface area contributed by atoms with E-state index in [2.05, 4.69) is 42.0 Å². The van der Waals surface area contributed by atoms with E-state index in [0.29, 0.717) is 12.2 Å². The van der Waals surface area contributed by atoms with Crippen molar-refractivity contribution in [3.63, 3.8) is 0 Å². The quantitative estimate of drug-likeness (QED) is 0.276. The van der Waals surface area contributed by atoms with Crippen LogP contribution in [0.1, 0.15) is 50.8 Å². The topological polar surface area (TPSA) is 86.8 Å². The minimum atomic E-state index is -3.82. The Hall–Kier alpha value is -3.17. The molecule has 3 aromatic carbocycles. The van der Waals surface area contributed by atoms with Crippen molar-refractivity contribution in [3.8, 4) is 0 Å². The van der Waals surface area contributed by atoms with Crippen LogP contribution in [-0.2, 0) is 38.0 Å². The van der Waals surface area contributed by atoms with Crippen LogP contribution in [0, 0.1) is 0 Å². The molecule has 0 unspecified atom stereocenters. The van der Waals surface area contributed by atoms with Crippen molar-refractivity contribution in [1.29, 1.82) is 0 Å². The van der Waals surface area contributed by atoms with Crippen LogP contribution in [0.4, 0.5) is 5.69 Å². The first-order valence-electron chi connectivity index (χ1n) is 13.7. The Morgan fingerprint density at radius 2 is 1.56 bits per heavy atom. The van der Waals surface area contributed by atoms with Crippen molar-refractivity contribution in [2.75, 3.05) is 23.7 Å². The molecule has 41 heavy (non-hydrogen) atoms. The van der Waals surface area contributed by atoms with Crippen LogP contribution in [0.15, 0.2) is 83.3 Å². The summed E-state index contributed by atoms with van der Waals surface area (Å²) >= 11 is 3.49. The molecule has 0 bridgehead atoms. The molecular formula is C32H40BrN3O4S. The van der Waals surface area contributed by atoms with E-state index in [4.69, 9.17) is 0 Å². The summed E-state index contributed by atoms with van der Waals surface area (Å²) in [5, 5.41) is 2.95. The summed E-state index contributed by atoms with van der Waals surface area (Å²) in [6.45, 7) is 8.37. The highest BCUT2D eigenvalue weighted by atomic mass is 79.9. The summed E-state index contributed by atoms with van der Waals surface area (Å²) < 4.78 is 27.9. The number of amides is 2. The molecule has 0 heterocycles. The van der Waals surface area contributed by atoms with E-state index in [-0.39, 0.29) is 24.3 Å². The fraction of sp³-hybridized carbons (Fsp3) is 0.375. The van der Waals surface area contributed by atoms with Gasteiger partial charge in [0.05, 0.1) is 11.9 Å². The first kappa shape index (κ1) is 32.3. The van der Waals surface area contributed by atoms with Gasteiger partial charge in [0, 0.05) is 24.0 Å². The monoisotopic (exact) mass is 641 g/mol. The Morgan fingerprint density at radius 1 is 0.927 bits per heavy atom. The molecule has 3 aromatic rings. The van der Waals surface area contributed by atoms with Gasteiger partial charge in [0.2, 0.25) is 21.8 Å². The number of carbonyl (C=O) groups excluding carboxylic acids is 2. The average Bonchev–Trinajstić information content (AvgIpc) is 2.91. The van der Waals surface area contributed by atoms with Gasteiger partial charge in [-0.1, -0.05) is 98.2 Å². The molecule has 0 aromatic heterocycles. The number of nitrogens with zero attached hydrogens (tertiary/aromatic N) is 2. The van der Waals surface area contributed by atoms with Gasteiger partial charge in [-0.2, -0.15) is 0 Å². The van der Waals surface area contributed by atoms with E-state index in [1.807, 2.05) is 73.7 Å². The number of carbonyl (C=O) groups is 2. The van der Waals surface area contributed by atoms with Gasteiger partial charge in [-0.25, -0.2) is 8.42 Å². The van der Waals surface area contributed by atoms with Crippen LogP contribution in [0.5, 0.6) is 0 Å². The molecule has 0 aliphatic carbocycles. The molecule has 0 saturated heterocycles. The zero-order chi connectivity index (χ0) is 30.2. The fourth-order valence-electron chi connectivity index (χ4n) is 4.49. The second kappa shape index (κ2) is 14.1. The first-order chi connectivity index (χ1) is 19.3. The van der Waals surface area contributed by atoms with Gasteiger partial charge in [-0.15, -0.1) is 0 Å². The lowest BCUT2D eigenvalue weighted by Gasteiger charge is -2.33. The van der Waals surface area contributed by atoms with Gasteiger partial charge in [0.15, 0.2) is 0 Å². The Balaban J connectivity index is 2.04. The predicted molar refractivity (Wildman–Crippen MR) is 169 cm³/mol. The maximum atomic E-state index is 14.1. The number of sulfonamides is 1. The highest BCUT2D eigenvalue weighted by molar-refractivity contribution is 9.10. The molecule has 0 spiro atoms. The number of hydrogen-bond donors (Lipinski definition) is 1.